The lowest BCUT2D eigenvalue weighted by molar-refractivity contribution is 0.476. The van der Waals surface area contributed by atoms with Gasteiger partial charge in [0.05, 0.1) is 5.69 Å². The molecule has 0 fully saturated rings. The van der Waals surface area contributed by atoms with Crippen molar-refractivity contribution in [2.75, 3.05) is 6.54 Å². The van der Waals surface area contributed by atoms with Crippen LogP contribution in [0.1, 0.15) is 41.9 Å². The number of aromatic nitrogens is 1. The summed E-state index contributed by atoms with van der Waals surface area (Å²) in [6, 6.07) is 6.54. The summed E-state index contributed by atoms with van der Waals surface area (Å²) in [6.45, 7) is 5.28. The highest BCUT2D eigenvalue weighted by atomic mass is 35.5. The van der Waals surface area contributed by atoms with Crippen LogP contribution in [0, 0.1) is 6.92 Å². The highest BCUT2D eigenvalue weighted by Crippen LogP contribution is 2.39. The zero-order chi connectivity index (χ0) is 14.1. The first-order chi connectivity index (χ1) is 9.69. The van der Waals surface area contributed by atoms with Crippen molar-refractivity contribution in [3.63, 3.8) is 0 Å². The molecule has 1 atom stereocenters. The Morgan fingerprint density at radius 2 is 2.30 bits per heavy atom. The Morgan fingerprint density at radius 3 is 3.05 bits per heavy atom. The van der Waals surface area contributed by atoms with E-state index in [1.165, 1.54) is 34.5 Å². The topological polar surface area (TPSA) is 24.9 Å². The minimum Gasteiger partial charge on any atom is -0.309 e. The minimum absolute atomic E-state index is 0.489. The maximum atomic E-state index is 6.04. The van der Waals surface area contributed by atoms with E-state index in [0.717, 1.165) is 23.0 Å². The number of hydrogen-bond acceptors (Lipinski definition) is 3. The van der Waals surface area contributed by atoms with Gasteiger partial charge in [0.1, 0.15) is 5.01 Å². The second kappa shape index (κ2) is 5.84. The first kappa shape index (κ1) is 14.1. The van der Waals surface area contributed by atoms with Crippen LogP contribution in [-0.2, 0) is 6.42 Å². The molecule has 106 valence electrons. The van der Waals surface area contributed by atoms with E-state index >= 15 is 0 Å². The molecule has 1 aliphatic carbocycles. The van der Waals surface area contributed by atoms with Crippen molar-refractivity contribution in [3.8, 4) is 10.6 Å². The molecule has 0 aliphatic heterocycles. The van der Waals surface area contributed by atoms with Crippen molar-refractivity contribution < 1.29 is 0 Å². The number of fused-ring (bicyclic) bond motifs is 1. The molecule has 2 aromatic rings. The largest absolute Gasteiger partial charge is 0.309 e. The zero-order valence-corrected chi connectivity index (χ0v) is 13.4. The van der Waals surface area contributed by atoms with Gasteiger partial charge in [-0.15, -0.1) is 11.3 Å². The van der Waals surface area contributed by atoms with Gasteiger partial charge in [0.2, 0.25) is 0 Å². The van der Waals surface area contributed by atoms with Crippen molar-refractivity contribution in [2.45, 2.75) is 39.2 Å². The fourth-order valence-electron chi connectivity index (χ4n) is 2.84. The molecule has 20 heavy (non-hydrogen) atoms. The Bertz CT molecular complexity index is 621. The van der Waals surface area contributed by atoms with Gasteiger partial charge in [-0.05, 0) is 50.4 Å². The standard InChI is InChI=1S/C16H19ClN2S/c1-3-18-13-5-4-6-14-15(13)20-16(19-14)12-8-7-11(17)9-10(12)2/h7-9,13,18H,3-6H2,1-2H3. The second-order valence-corrected chi connectivity index (χ2v) is 6.76. The van der Waals surface area contributed by atoms with E-state index in [1.54, 1.807) is 0 Å². The van der Waals surface area contributed by atoms with Gasteiger partial charge in [0.15, 0.2) is 0 Å². The van der Waals surface area contributed by atoms with Gasteiger partial charge in [0, 0.05) is 21.5 Å². The quantitative estimate of drug-likeness (QED) is 0.884. The normalized spacial score (nSPS) is 18.1. The summed E-state index contributed by atoms with van der Waals surface area (Å²) in [5, 5.41) is 5.50. The van der Waals surface area contributed by atoms with E-state index in [4.69, 9.17) is 16.6 Å². The summed E-state index contributed by atoms with van der Waals surface area (Å²) in [5.41, 5.74) is 3.70. The molecular formula is C16H19ClN2S. The monoisotopic (exact) mass is 306 g/mol. The molecule has 1 aromatic carbocycles. The van der Waals surface area contributed by atoms with Crippen molar-refractivity contribution in [1.29, 1.82) is 0 Å². The van der Waals surface area contributed by atoms with Gasteiger partial charge < -0.3 is 5.32 Å². The molecule has 0 spiro atoms. The molecule has 1 N–H and O–H groups in total. The van der Waals surface area contributed by atoms with Crippen LogP contribution in [0.25, 0.3) is 10.6 Å². The van der Waals surface area contributed by atoms with Crippen LogP contribution in [0.5, 0.6) is 0 Å². The smallest absolute Gasteiger partial charge is 0.124 e. The van der Waals surface area contributed by atoms with E-state index in [2.05, 4.69) is 25.2 Å². The molecule has 0 radical (unpaired) electrons. The highest BCUT2D eigenvalue weighted by molar-refractivity contribution is 7.15. The van der Waals surface area contributed by atoms with Crippen LogP contribution < -0.4 is 5.32 Å². The molecule has 1 heterocycles. The number of hydrogen-bond donors (Lipinski definition) is 1. The van der Waals surface area contributed by atoms with Gasteiger partial charge in [0.25, 0.3) is 0 Å². The number of thiazole rings is 1. The molecule has 1 aliphatic rings. The third-order valence-electron chi connectivity index (χ3n) is 3.82. The summed E-state index contributed by atoms with van der Waals surface area (Å²) in [7, 11) is 0. The molecule has 0 saturated carbocycles. The average molecular weight is 307 g/mol. The van der Waals surface area contributed by atoms with Gasteiger partial charge in [-0.25, -0.2) is 4.98 Å². The average Bonchev–Trinajstić information content (AvgIpc) is 2.83. The summed E-state index contributed by atoms with van der Waals surface area (Å²) in [4.78, 5) is 6.31. The molecule has 4 heteroatoms. The molecule has 0 saturated heterocycles. The van der Waals surface area contributed by atoms with Crippen LogP contribution in [0.2, 0.25) is 5.02 Å². The van der Waals surface area contributed by atoms with Crippen molar-refractivity contribution in [1.82, 2.24) is 10.3 Å². The number of nitrogens with zero attached hydrogens (tertiary/aromatic N) is 1. The lowest BCUT2D eigenvalue weighted by Gasteiger charge is -2.21. The number of halogens is 1. The Labute approximate surface area is 129 Å². The highest BCUT2D eigenvalue weighted by Gasteiger charge is 2.24. The van der Waals surface area contributed by atoms with Crippen LogP contribution in [-0.4, -0.2) is 11.5 Å². The fourth-order valence-corrected chi connectivity index (χ4v) is 4.38. The van der Waals surface area contributed by atoms with Gasteiger partial charge in [-0.1, -0.05) is 24.6 Å². The molecule has 3 rings (SSSR count). The van der Waals surface area contributed by atoms with Crippen LogP contribution in [0.3, 0.4) is 0 Å². The summed E-state index contributed by atoms with van der Waals surface area (Å²) in [5.74, 6) is 0. The van der Waals surface area contributed by atoms with Crippen molar-refractivity contribution in [3.05, 3.63) is 39.4 Å². The van der Waals surface area contributed by atoms with E-state index < -0.39 is 0 Å². The van der Waals surface area contributed by atoms with Gasteiger partial charge >= 0.3 is 0 Å². The molecule has 0 bridgehead atoms. The molecule has 1 aromatic heterocycles. The SMILES string of the molecule is CCNC1CCCc2nc(-c3ccc(Cl)cc3C)sc21. The van der Waals surface area contributed by atoms with E-state index in [-0.39, 0.29) is 0 Å². The lowest BCUT2D eigenvalue weighted by atomic mass is 9.98. The third-order valence-corrected chi connectivity index (χ3v) is 5.30. The second-order valence-electron chi connectivity index (χ2n) is 5.29. The Kier molecular flexibility index (Phi) is 4.11. The van der Waals surface area contributed by atoms with Gasteiger partial charge in [-0.2, -0.15) is 0 Å². The lowest BCUT2D eigenvalue weighted by Crippen LogP contribution is -2.23. The first-order valence-electron chi connectivity index (χ1n) is 7.18. The number of rotatable bonds is 3. The Morgan fingerprint density at radius 1 is 1.45 bits per heavy atom. The van der Waals surface area contributed by atoms with Gasteiger partial charge in [-0.3, -0.25) is 0 Å². The number of aryl methyl sites for hydroxylation is 2. The summed E-state index contributed by atoms with van der Waals surface area (Å²) < 4.78 is 0. The predicted molar refractivity (Wildman–Crippen MR) is 86.7 cm³/mol. The van der Waals surface area contributed by atoms with E-state index in [9.17, 15) is 0 Å². The molecule has 1 unspecified atom stereocenters. The van der Waals surface area contributed by atoms with Crippen molar-refractivity contribution in [2.24, 2.45) is 0 Å². The van der Waals surface area contributed by atoms with E-state index in [1.807, 2.05) is 23.5 Å². The molecular weight excluding hydrogens is 288 g/mol. The number of benzene rings is 1. The Hall–Kier alpha value is -0.900. The third kappa shape index (κ3) is 2.62. The molecule has 2 nitrogen and oxygen atoms in total. The van der Waals surface area contributed by atoms with Crippen LogP contribution in [0.4, 0.5) is 0 Å². The maximum absolute atomic E-state index is 6.04. The van der Waals surface area contributed by atoms with Crippen molar-refractivity contribution >= 4 is 22.9 Å². The maximum Gasteiger partial charge on any atom is 0.124 e. The minimum atomic E-state index is 0.489. The van der Waals surface area contributed by atoms with Crippen LogP contribution in [0.15, 0.2) is 18.2 Å². The zero-order valence-electron chi connectivity index (χ0n) is 11.9. The molecule has 0 amide bonds. The Balaban J connectivity index is 2.00. The predicted octanol–water partition coefficient (Wildman–Crippen LogP) is 4.76. The summed E-state index contributed by atoms with van der Waals surface area (Å²) >= 11 is 7.88. The number of nitrogens with one attached hydrogen (secondary N) is 1. The van der Waals surface area contributed by atoms with E-state index in [0.29, 0.717) is 6.04 Å². The van der Waals surface area contributed by atoms with Crippen LogP contribution >= 0.6 is 22.9 Å². The fraction of sp³-hybridized carbons (Fsp3) is 0.438. The first-order valence-corrected chi connectivity index (χ1v) is 8.38. The summed E-state index contributed by atoms with van der Waals surface area (Å²) in [6.07, 6.45) is 3.57.